The maximum Gasteiger partial charge on any atom is 0.233 e. The van der Waals surface area contributed by atoms with Crippen LogP contribution in [-0.4, -0.2) is 31.7 Å². The number of anilines is 1. The Labute approximate surface area is 296 Å². The normalized spacial score (nSPS) is 11.6. The molecule has 9 nitrogen and oxygen atoms in total. The van der Waals surface area contributed by atoms with Crippen LogP contribution in [0.25, 0.3) is 16.7 Å². The standard InChI is InChI=1S/C41H50N6O3/c1-30-25-33(50-32-18-16-17-31(26-32)27-42)21-22-36(30)47-39(43)34(28-44-47)38(48)40-45-35-19-12-13-20-37(35)46(40)29-49-24-15-11-9-7-5-6-8-10-14-23-41(2,3)4/h12-13,16-22,25-26,28H,5-11,14-15,23-24,29,43H2,1-4H3. The second kappa shape index (κ2) is 17.1. The van der Waals surface area contributed by atoms with E-state index in [1.165, 1.54) is 57.6 Å². The van der Waals surface area contributed by atoms with Crippen molar-refractivity contribution in [2.75, 3.05) is 12.3 Å². The van der Waals surface area contributed by atoms with E-state index in [2.05, 4.69) is 36.9 Å². The molecule has 2 aromatic heterocycles. The molecular formula is C41H50N6O3. The molecule has 0 bridgehead atoms. The number of ketones is 1. The Hall–Kier alpha value is -4.94. The number of aromatic nitrogens is 4. The van der Waals surface area contributed by atoms with E-state index >= 15 is 0 Å². The summed E-state index contributed by atoms with van der Waals surface area (Å²) in [4.78, 5) is 18.6. The van der Waals surface area contributed by atoms with Crippen LogP contribution in [0.4, 0.5) is 5.82 Å². The van der Waals surface area contributed by atoms with Crippen molar-refractivity contribution in [3.05, 3.63) is 95.4 Å². The molecule has 0 fully saturated rings. The predicted octanol–water partition coefficient (Wildman–Crippen LogP) is 9.93. The number of aryl methyl sites for hydroxylation is 1. The van der Waals surface area contributed by atoms with Crippen LogP contribution in [-0.2, 0) is 11.5 Å². The van der Waals surface area contributed by atoms with Crippen molar-refractivity contribution in [2.45, 2.75) is 98.6 Å². The summed E-state index contributed by atoms with van der Waals surface area (Å²) in [5.74, 6) is 1.34. The van der Waals surface area contributed by atoms with Gasteiger partial charge in [-0.3, -0.25) is 9.36 Å². The molecule has 5 rings (SSSR count). The van der Waals surface area contributed by atoms with Crippen LogP contribution in [0, 0.1) is 23.7 Å². The number of benzene rings is 3. The SMILES string of the molecule is Cc1cc(Oc2cccc(C#N)c2)ccc1-n1ncc(C(=O)c2nc3ccccc3n2COCCCCCCCCCCCC(C)(C)C)c1N. The molecule has 3 aromatic carbocycles. The second-order valence-corrected chi connectivity index (χ2v) is 14.3. The molecule has 262 valence electrons. The number of nitriles is 1. The van der Waals surface area contributed by atoms with Crippen LogP contribution in [0.2, 0.25) is 0 Å². The van der Waals surface area contributed by atoms with E-state index in [1.54, 1.807) is 35.0 Å². The molecule has 0 atom stereocenters. The molecular weight excluding hydrogens is 624 g/mol. The number of fused-ring (bicyclic) bond motifs is 1. The van der Waals surface area contributed by atoms with Crippen LogP contribution in [0.15, 0.2) is 72.9 Å². The molecule has 2 N–H and O–H groups in total. The number of carbonyl (C=O) groups is 1. The van der Waals surface area contributed by atoms with Crippen molar-refractivity contribution in [3.63, 3.8) is 0 Å². The van der Waals surface area contributed by atoms with Crippen LogP contribution in [0.1, 0.15) is 112 Å². The molecule has 0 aliphatic heterocycles. The van der Waals surface area contributed by atoms with E-state index in [4.69, 9.17) is 15.2 Å². The predicted molar refractivity (Wildman–Crippen MR) is 199 cm³/mol. The highest BCUT2D eigenvalue weighted by atomic mass is 16.5. The summed E-state index contributed by atoms with van der Waals surface area (Å²) in [6.07, 6.45) is 14.1. The average molecular weight is 675 g/mol. The monoisotopic (exact) mass is 674 g/mol. The summed E-state index contributed by atoms with van der Waals surface area (Å²) >= 11 is 0. The lowest BCUT2D eigenvalue weighted by atomic mass is 9.89. The molecule has 0 aliphatic rings. The van der Waals surface area contributed by atoms with Crippen molar-refractivity contribution in [2.24, 2.45) is 5.41 Å². The van der Waals surface area contributed by atoms with Crippen molar-refractivity contribution >= 4 is 22.6 Å². The highest BCUT2D eigenvalue weighted by molar-refractivity contribution is 6.11. The first kappa shape index (κ1) is 36.3. The number of unbranched alkanes of at least 4 members (excludes halogenated alkanes) is 8. The second-order valence-electron chi connectivity index (χ2n) is 14.3. The zero-order valence-electron chi connectivity index (χ0n) is 30.0. The highest BCUT2D eigenvalue weighted by Gasteiger charge is 2.24. The number of nitrogens with zero attached hydrogens (tertiary/aromatic N) is 5. The van der Waals surface area contributed by atoms with Gasteiger partial charge < -0.3 is 15.2 Å². The van der Waals surface area contributed by atoms with Gasteiger partial charge in [-0.15, -0.1) is 0 Å². The van der Waals surface area contributed by atoms with Gasteiger partial charge in [-0.1, -0.05) is 90.3 Å². The van der Waals surface area contributed by atoms with Gasteiger partial charge in [0.15, 0.2) is 5.82 Å². The van der Waals surface area contributed by atoms with Crippen molar-refractivity contribution in [1.29, 1.82) is 5.26 Å². The molecule has 0 aliphatic carbocycles. The molecule has 0 amide bonds. The highest BCUT2D eigenvalue weighted by Crippen LogP contribution is 2.29. The minimum Gasteiger partial charge on any atom is -0.457 e. The lowest BCUT2D eigenvalue weighted by Crippen LogP contribution is -2.15. The van der Waals surface area contributed by atoms with Gasteiger partial charge in [0.05, 0.1) is 40.1 Å². The number of imidazole rings is 1. The van der Waals surface area contributed by atoms with E-state index in [-0.39, 0.29) is 29.7 Å². The Bertz CT molecular complexity index is 1930. The van der Waals surface area contributed by atoms with Crippen molar-refractivity contribution in [1.82, 2.24) is 19.3 Å². The van der Waals surface area contributed by atoms with Gasteiger partial charge in [0.25, 0.3) is 0 Å². The quantitative estimate of drug-likeness (QED) is 0.0725. The minimum atomic E-state index is -0.318. The zero-order valence-corrected chi connectivity index (χ0v) is 30.0. The van der Waals surface area contributed by atoms with Crippen LogP contribution < -0.4 is 10.5 Å². The number of ether oxygens (including phenoxy) is 2. The first-order valence-corrected chi connectivity index (χ1v) is 17.8. The summed E-state index contributed by atoms with van der Waals surface area (Å²) < 4.78 is 15.4. The molecule has 9 heteroatoms. The fraction of sp³-hybridized carbons (Fsp3) is 0.415. The fourth-order valence-electron chi connectivity index (χ4n) is 6.17. The Balaban J connectivity index is 1.16. The van der Waals surface area contributed by atoms with Gasteiger partial charge in [-0.2, -0.15) is 10.4 Å². The molecule has 50 heavy (non-hydrogen) atoms. The third kappa shape index (κ3) is 9.60. The Morgan fingerprint density at radius 1 is 0.880 bits per heavy atom. The molecule has 0 spiro atoms. The molecule has 2 heterocycles. The zero-order chi connectivity index (χ0) is 35.5. The van der Waals surface area contributed by atoms with Gasteiger partial charge in [0, 0.05) is 6.61 Å². The molecule has 0 saturated carbocycles. The van der Waals surface area contributed by atoms with Crippen LogP contribution in [0.5, 0.6) is 11.5 Å². The molecule has 0 radical (unpaired) electrons. The largest absolute Gasteiger partial charge is 0.457 e. The van der Waals surface area contributed by atoms with E-state index in [1.807, 2.05) is 47.9 Å². The fourth-order valence-corrected chi connectivity index (χ4v) is 6.17. The van der Waals surface area contributed by atoms with Crippen molar-refractivity contribution < 1.29 is 14.3 Å². The Morgan fingerprint density at radius 2 is 1.58 bits per heavy atom. The maximum absolute atomic E-state index is 13.9. The van der Waals surface area contributed by atoms with Gasteiger partial charge in [0.1, 0.15) is 24.0 Å². The van der Waals surface area contributed by atoms with Crippen molar-refractivity contribution in [3.8, 4) is 23.3 Å². The number of hydrogen-bond donors (Lipinski definition) is 1. The number of hydrogen-bond acceptors (Lipinski definition) is 7. The Kier molecular flexibility index (Phi) is 12.5. The lowest BCUT2D eigenvalue weighted by Gasteiger charge is -2.17. The third-order valence-electron chi connectivity index (χ3n) is 8.94. The molecule has 0 unspecified atom stereocenters. The van der Waals surface area contributed by atoms with Gasteiger partial charge in [-0.25, -0.2) is 9.67 Å². The average Bonchev–Trinajstić information content (AvgIpc) is 3.66. The number of rotatable bonds is 18. The smallest absolute Gasteiger partial charge is 0.233 e. The molecule has 5 aromatic rings. The number of nitrogen functional groups attached to an aromatic ring is 1. The van der Waals surface area contributed by atoms with Gasteiger partial charge >= 0.3 is 0 Å². The van der Waals surface area contributed by atoms with E-state index in [9.17, 15) is 10.1 Å². The first-order chi connectivity index (χ1) is 24.1. The minimum absolute atomic E-state index is 0.220. The summed E-state index contributed by atoms with van der Waals surface area (Å²) in [5.41, 5.74) is 10.9. The van der Waals surface area contributed by atoms with Gasteiger partial charge in [0.2, 0.25) is 5.78 Å². The van der Waals surface area contributed by atoms with E-state index < -0.39 is 0 Å². The molecule has 0 saturated heterocycles. The first-order valence-electron chi connectivity index (χ1n) is 17.8. The van der Waals surface area contributed by atoms with E-state index in [0.717, 1.165) is 29.4 Å². The number of carbonyl (C=O) groups excluding carboxylic acids is 1. The number of nitrogens with two attached hydrogens (primary N) is 1. The summed E-state index contributed by atoms with van der Waals surface area (Å²) in [6.45, 7) is 9.73. The van der Waals surface area contributed by atoms with Crippen LogP contribution >= 0.6 is 0 Å². The topological polar surface area (TPSA) is 121 Å². The summed E-state index contributed by atoms with van der Waals surface area (Å²) in [6, 6.07) is 22.3. The third-order valence-corrected chi connectivity index (χ3v) is 8.94. The number of para-hydroxylation sites is 2. The summed E-state index contributed by atoms with van der Waals surface area (Å²) in [7, 11) is 0. The lowest BCUT2D eigenvalue weighted by molar-refractivity contribution is 0.0725. The summed E-state index contributed by atoms with van der Waals surface area (Å²) in [5, 5.41) is 13.7. The van der Waals surface area contributed by atoms with E-state index in [0.29, 0.717) is 34.8 Å². The van der Waals surface area contributed by atoms with Crippen LogP contribution in [0.3, 0.4) is 0 Å². The maximum atomic E-state index is 13.9. The van der Waals surface area contributed by atoms with Gasteiger partial charge in [-0.05, 0) is 79.3 Å². The Morgan fingerprint density at radius 3 is 2.30 bits per heavy atom.